The fraction of sp³-hybridized carbons (Fsp3) is 1.00. The minimum atomic E-state index is 0.243. The van der Waals surface area contributed by atoms with E-state index >= 15 is 0 Å². The zero-order valence-corrected chi connectivity index (χ0v) is 9.99. The van der Waals surface area contributed by atoms with Gasteiger partial charge in [0.15, 0.2) is 0 Å². The average Bonchev–Trinajstić information content (AvgIpc) is 2.45. The maximum atomic E-state index is 5.81. The first-order valence-corrected chi connectivity index (χ1v) is 5.44. The van der Waals surface area contributed by atoms with Gasteiger partial charge >= 0.3 is 0 Å². The number of nitrogens with zero attached hydrogens (tertiary/aromatic N) is 1. The second kappa shape index (κ2) is 5.10. The Morgan fingerprint density at radius 2 is 1.93 bits per heavy atom. The lowest BCUT2D eigenvalue weighted by Crippen LogP contribution is -2.44. The summed E-state index contributed by atoms with van der Waals surface area (Å²) in [6, 6.07) is 0.405. The Balaban J connectivity index is 2.54. The molecule has 0 saturated carbocycles. The minimum absolute atomic E-state index is 0.243. The molecule has 0 aromatic rings. The summed E-state index contributed by atoms with van der Waals surface area (Å²) in [6.45, 7) is 7.40. The third kappa shape index (κ3) is 2.69. The highest BCUT2D eigenvalue weighted by Gasteiger charge is 2.36. The zero-order chi connectivity index (χ0) is 10.7. The smallest absolute Gasteiger partial charge is 0.0763 e. The van der Waals surface area contributed by atoms with Crippen molar-refractivity contribution in [2.24, 2.45) is 0 Å². The molecule has 3 heteroatoms. The van der Waals surface area contributed by atoms with Crippen LogP contribution >= 0.6 is 0 Å². The SMILES string of the molecule is CO[C@H]1CCN(C)[C@@H]1[C@H](C)OC(C)C. The molecule has 3 nitrogen and oxygen atoms in total. The maximum Gasteiger partial charge on any atom is 0.0763 e. The molecule has 1 heterocycles. The molecule has 1 aliphatic rings. The number of methoxy groups -OCH3 is 1. The van der Waals surface area contributed by atoms with E-state index in [0.717, 1.165) is 13.0 Å². The second-order valence-electron chi connectivity index (χ2n) is 4.42. The molecule has 1 rings (SSSR count). The highest BCUT2D eigenvalue weighted by Crippen LogP contribution is 2.23. The Bertz CT molecular complexity index is 173. The number of hydrogen-bond acceptors (Lipinski definition) is 3. The molecule has 0 aromatic heterocycles. The van der Waals surface area contributed by atoms with Crippen molar-refractivity contribution in [1.29, 1.82) is 0 Å². The topological polar surface area (TPSA) is 21.7 Å². The molecule has 0 spiro atoms. The van der Waals surface area contributed by atoms with Crippen molar-refractivity contribution >= 4 is 0 Å². The number of ether oxygens (including phenoxy) is 2. The van der Waals surface area contributed by atoms with Crippen molar-refractivity contribution in [2.45, 2.75) is 51.5 Å². The van der Waals surface area contributed by atoms with Crippen molar-refractivity contribution in [3.63, 3.8) is 0 Å². The van der Waals surface area contributed by atoms with Crippen LogP contribution < -0.4 is 0 Å². The summed E-state index contributed by atoms with van der Waals surface area (Å²) in [4.78, 5) is 2.33. The molecule has 0 N–H and O–H groups in total. The number of hydrogen-bond donors (Lipinski definition) is 0. The number of likely N-dealkylation sites (N-methyl/N-ethyl adjacent to an activating group) is 1. The fourth-order valence-electron chi connectivity index (χ4n) is 2.36. The van der Waals surface area contributed by atoms with Gasteiger partial charge in [-0.15, -0.1) is 0 Å². The van der Waals surface area contributed by atoms with Gasteiger partial charge in [0.2, 0.25) is 0 Å². The molecular formula is C11H23NO2. The molecule has 3 atom stereocenters. The minimum Gasteiger partial charge on any atom is -0.380 e. The normalized spacial score (nSPS) is 31.3. The van der Waals surface area contributed by atoms with Crippen LogP contribution in [0, 0.1) is 0 Å². The van der Waals surface area contributed by atoms with Gasteiger partial charge in [0, 0.05) is 13.7 Å². The average molecular weight is 201 g/mol. The third-order valence-electron chi connectivity index (χ3n) is 2.93. The Morgan fingerprint density at radius 1 is 1.29 bits per heavy atom. The third-order valence-corrected chi connectivity index (χ3v) is 2.93. The van der Waals surface area contributed by atoms with Crippen molar-refractivity contribution in [2.75, 3.05) is 20.7 Å². The van der Waals surface area contributed by atoms with Crippen LogP contribution in [0.15, 0.2) is 0 Å². The molecule has 1 aliphatic heterocycles. The van der Waals surface area contributed by atoms with Crippen LogP contribution in [0.25, 0.3) is 0 Å². The summed E-state index contributed by atoms with van der Waals surface area (Å²) in [5, 5.41) is 0. The van der Waals surface area contributed by atoms with Crippen LogP contribution in [0.3, 0.4) is 0 Å². The van der Waals surface area contributed by atoms with E-state index < -0.39 is 0 Å². The number of rotatable bonds is 4. The zero-order valence-electron chi connectivity index (χ0n) is 9.99. The van der Waals surface area contributed by atoms with Gasteiger partial charge < -0.3 is 9.47 Å². The molecule has 1 fully saturated rings. The van der Waals surface area contributed by atoms with Gasteiger partial charge in [-0.1, -0.05) is 0 Å². The molecule has 0 radical (unpaired) electrons. The van der Waals surface area contributed by atoms with E-state index in [9.17, 15) is 0 Å². The Morgan fingerprint density at radius 3 is 2.43 bits per heavy atom. The van der Waals surface area contributed by atoms with E-state index in [4.69, 9.17) is 9.47 Å². The van der Waals surface area contributed by atoms with Crippen LogP contribution in [0.5, 0.6) is 0 Å². The molecule has 0 aliphatic carbocycles. The maximum absolute atomic E-state index is 5.81. The van der Waals surface area contributed by atoms with Crippen molar-refractivity contribution in [3.05, 3.63) is 0 Å². The van der Waals surface area contributed by atoms with Gasteiger partial charge in [-0.25, -0.2) is 0 Å². The predicted molar refractivity (Wildman–Crippen MR) is 57.5 cm³/mol. The van der Waals surface area contributed by atoms with Crippen molar-refractivity contribution in [3.8, 4) is 0 Å². The molecule has 14 heavy (non-hydrogen) atoms. The fourth-order valence-corrected chi connectivity index (χ4v) is 2.36. The second-order valence-corrected chi connectivity index (χ2v) is 4.42. The van der Waals surface area contributed by atoms with Gasteiger partial charge in [0.05, 0.1) is 24.4 Å². The van der Waals surface area contributed by atoms with Gasteiger partial charge in [0.1, 0.15) is 0 Å². The van der Waals surface area contributed by atoms with Crippen LogP contribution in [-0.4, -0.2) is 50.0 Å². The van der Waals surface area contributed by atoms with E-state index in [1.807, 2.05) is 0 Å². The lowest BCUT2D eigenvalue weighted by molar-refractivity contribution is -0.0548. The Labute approximate surface area is 87.4 Å². The summed E-state index contributed by atoms with van der Waals surface area (Å²) in [5.74, 6) is 0. The highest BCUT2D eigenvalue weighted by molar-refractivity contribution is 4.90. The quantitative estimate of drug-likeness (QED) is 0.688. The summed E-state index contributed by atoms with van der Waals surface area (Å²) in [6.07, 6.45) is 1.97. The lowest BCUT2D eigenvalue weighted by atomic mass is 10.1. The molecular weight excluding hydrogens is 178 g/mol. The van der Waals surface area contributed by atoms with E-state index in [0.29, 0.717) is 12.1 Å². The molecule has 1 saturated heterocycles. The van der Waals surface area contributed by atoms with Crippen LogP contribution in [-0.2, 0) is 9.47 Å². The summed E-state index contributed by atoms with van der Waals surface area (Å²) < 4.78 is 11.3. The van der Waals surface area contributed by atoms with E-state index in [1.165, 1.54) is 0 Å². The van der Waals surface area contributed by atoms with Gasteiger partial charge in [-0.3, -0.25) is 4.90 Å². The van der Waals surface area contributed by atoms with Gasteiger partial charge in [0.25, 0.3) is 0 Å². The molecule has 0 unspecified atom stereocenters. The monoisotopic (exact) mass is 201 g/mol. The number of likely N-dealkylation sites (tertiary alicyclic amines) is 1. The molecule has 84 valence electrons. The summed E-state index contributed by atoms with van der Waals surface area (Å²) >= 11 is 0. The van der Waals surface area contributed by atoms with E-state index in [-0.39, 0.29) is 12.2 Å². The van der Waals surface area contributed by atoms with Crippen LogP contribution in [0.4, 0.5) is 0 Å². The van der Waals surface area contributed by atoms with E-state index in [2.05, 4.69) is 32.7 Å². The van der Waals surface area contributed by atoms with E-state index in [1.54, 1.807) is 7.11 Å². The lowest BCUT2D eigenvalue weighted by Gasteiger charge is -2.31. The molecule has 0 bridgehead atoms. The van der Waals surface area contributed by atoms with Gasteiger partial charge in [-0.2, -0.15) is 0 Å². The molecule has 0 amide bonds. The Hall–Kier alpha value is -0.120. The van der Waals surface area contributed by atoms with Crippen molar-refractivity contribution < 1.29 is 9.47 Å². The summed E-state index contributed by atoms with van der Waals surface area (Å²) in [5.41, 5.74) is 0. The largest absolute Gasteiger partial charge is 0.380 e. The first-order chi connectivity index (χ1) is 6.56. The van der Waals surface area contributed by atoms with Gasteiger partial charge in [-0.05, 0) is 34.2 Å². The predicted octanol–water partition coefficient (Wildman–Crippen LogP) is 1.52. The van der Waals surface area contributed by atoms with Crippen LogP contribution in [0.2, 0.25) is 0 Å². The standard InChI is InChI=1S/C11H23NO2/c1-8(2)14-9(3)11-10(13-5)6-7-12(11)4/h8-11H,6-7H2,1-5H3/t9-,10-,11+/m0/s1. The summed E-state index contributed by atoms with van der Waals surface area (Å²) in [7, 11) is 3.93. The van der Waals surface area contributed by atoms with Crippen LogP contribution in [0.1, 0.15) is 27.2 Å². The van der Waals surface area contributed by atoms with Crippen molar-refractivity contribution in [1.82, 2.24) is 4.90 Å². The first kappa shape index (κ1) is 12.0. The first-order valence-electron chi connectivity index (χ1n) is 5.44. The Kier molecular flexibility index (Phi) is 4.35. The highest BCUT2D eigenvalue weighted by atomic mass is 16.5. The molecule has 0 aromatic carbocycles.